The molecule has 0 bridgehead atoms. The van der Waals surface area contributed by atoms with Gasteiger partial charge in [-0.1, -0.05) is 30.1 Å². The smallest absolute Gasteiger partial charge is 0.307 e. The van der Waals surface area contributed by atoms with Gasteiger partial charge in [-0.2, -0.15) is 0 Å². The van der Waals surface area contributed by atoms with Gasteiger partial charge in [0.2, 0.25) is 11.8 Å². The van der Waals surface area contributed by atoms with Gasteiger partial charge >= 0.3 is 5.97 Å². The minimum Gasteiger partial charge on any atom is -0.481 e. The predicted molar refractivity (Wildman–Crippen MR) is 95.8 cm³/mol. The molecule has 6 nitrogen and oxygen atoms in total. The number of carbonyl (C=O) groups excluding carboxylic acids is 2. The Balaban J connectivity index is 2.03. The highest BCUT2D eigenvalue weighted by Gasteiger charge is 2.43. The molecule has 1 aliphatic carbocycles. The summed E-state index contributed by atoms with van der Waals surface area (Å²) in [5.74, 6) is -2.86. The van der Waals surface area contributed by atoms with Gasteiger partial charge < -0.3 is 15.3 Å². The fraction of sp³-hybridized carbons (Fsp3) is 0.471. The molecular weight excluding hydrogens is 367 g/mol. The van der Waals surface area contributed by atoms with E-state index in [1.165, 1.54) is 11.0 Å². The zero-order valence-electron chi connectivity index (χ0n) is 13.8. The second-order valence-corrected chi connectivity index (χ2v) is 6.90. The summed E-state index contributed by atoms with van der Waals surface area (Å²) in [7, 11) is 0. The number of benzene rings is 1. The average molecular weight is 387 g/mol. The number of rotatable bonds is 7. The number of hydrogen-bond acceptors (Lipinski definition) is 3. The van der Waals surface area contributed by atoms with E-state index in [9.17, 15) is 14.4 Å². The van der Waals surface area contributed by atoms with Gasteiger partial charge in [0.15, 0.2) is 0 Å². The second-order valence-electron chi connectivity index (χ2n) is 6.06. The van der Waals surface area contributed by atoms with Crippen molar-refractivity contribution in [3.63, 3.8) is 0 Å². The molecule has 1 aromatic rings. The van der Waals surface area contributed by atoms with E-state index in [0.717, 1.165) is 0 Å². The largest absolute Gasteiger partial charge is 0.481 e. The van der Waals surface area contributed by atoms with E-state index in [1.54, 1.807) is 12.1 Å². The molecule has 2 atom stereocenters. The molecule has 25 heavy (non-hydrogen) atoms. The summed E-state index contributed by atoms with van der Waals surface area (Å²) < 4.78 is 0. The van der Waals surface area contributed by atoms with Gasteiger partial charge in [0, 0.05) is 11.6 Å². The van der Waals surface area contributed by atoms with E-state index < -0.39 is 23.7 Å². The Hall–Kier alpha value is -1.79. The molecule has 1 saturated carbocycles. The first-order chi connectivity index (χ1) is 11.8. The number of carboxylic acid groups (broad SMARTS) is 1. The van der Waals surface area contributed by atoms with Crippen molar-refractivity contribution < 1.29 is 19.5 Å². The van der Waals surface area contributed by atoms with Gasteiger partial charge in [-0.25, -0.2) is 0 Å². The Kier molecular flexibility index (Phi) is 6.67. The first-order valence-electron chi connectivity index (χ1n) is 8.10. The number of carboxylic acids is 1. The zero-order chi connectivity index (χ0) is 18.6. The SMILES string of the molecule is CCCN(CC(=O)Nc1cc(Cl)ccc1Cl)C(=O)C1CCC1C(=O)O. The van der Waals surface area contributed by atoms with Crippen LogP contribution in [-0.4, -0.2) is 40.9 Å². The van der Waals surface area contributed by atoms with Gasteiger partial charge in [0.25, 0.3) is 0 Å². The number of amides is 2. The molecule has 0 heterocycles. The van der Waals surface area contributed by atoms with Gasteiger partial charge in [-0.3, -0.25) is 14.4 Å². The fourth-order valence-electron chi connectivity index (χ4n) is 2.82. The predicted octanol–water partition coefficient (Wildman–Crippen LogP) is 3.28. The van der Waals surface area contributed by atoms with Gasteiger partial charge in [0.1, 0.15) is 0 Å². The lowest BCUT2D eigenvalue weighted by molar-refractivity contribution is -0.157. The van der Waals surface area contributed by atoms with E-state index in [0.29, 0.717) is 41.5 Å². The van der Waals surface area contributed by atoms with Crippen LogP contribution in [0.1, 0.15) is 26.2 Å². The first kappa shape index (κ1) is 19.5. The van der Waals surface area contributed by atoms with E-state index >= 15 is 0 Å². The molecule has 2 amide bonds. The lowest BCUT2D eigenvalue weighted by Gasteiger charge is -2.36. The summed E-state index contributed by atoms with van der Waals surface area (Å²) in [5, 5.41) is 12.5. The van der Waals surface area contributed by atoms with E-state index in [-0.39, 0.29) is 12.5 Å². The van der Waals surface area contributed by atoms with Crippen LogP contribution in [0, 0.1) is 11.8 Å². The normalized spacial score (nSPS) is 19.0. The van der Waals surface area contributed by atoms with Crippen molar-refractivity contribution in [1.29, 1.82) is 0 Å². The molecule has 0 aliphatic heterocycles. The molecule has 136 valence electrons. The quantitative estimate of drug-likeness (QED) is 0.752. The molecule has 1 aromatic carbocycles. The van der Waals surface area contributed by atoms with Crippen LogP contribution in [0.4, 0.5) is 5.69 Å². The number of nitrogens with one attached hydrogen (secondary N) is 1. The third-order valence-corrected chi connectivity index (χ3v) is 4.82. The van der Waals surface area contributed by atoms with Crippen LogP contribution in [0.15, 0.2) is 18.2 Å². The monoisotopic (exact) mass is 386 g/mol. The highest BCUT2D eigenvalue weighted by Crippen LogP contribution is 2.36. The van der Waals surface area contributed by atoms with Crippen LogP contribution in [0.25, 0.3) is 0 Å². The molecule has 0 spiro atoms. The summed E-state index contributed by atoms with van der Waals surface area (Å²) >= 11 is 11.9. The van der Waals surface area contributed by atoms with Crippen LogP contribution in [0.5, 0.6) is 0 Å². The van der Waals surface area contributed by atoms with Crippen molar-refractivity contribution in [2.75, 3.05) is 18.4 Å². The maximum Gasteiger partial charge on any atom is 0.307 e. The summed E-state index contributed by atoms with van der Waals surface area (Å²) in [5.41, 5.74) is 0.370. The molecular formula is C17H20Cl2N2O4. The van der Waals surface area contributed by atoms with Gasteiger partial charge in [0.05, 0.1) is 29.1 Å². The van der Waals surface area contributed by atoms with Crippen molar-refractivity contribution in [1.82, 2.24) is 4.90 Å². The van der Waals surface area contributed by atoms with Crippen molar-refractivity contribution in [3.8, 4) is 0 Å². The summed E-state index contributed by atoms with van der Waals surface area (Å²) in [6, 6.07) is 4.70. The number of aliphatic carboxylic acids is 1. The highest BCUT2D eigenvalue weighted by molar-refractivity contribution is 6.35. The Labute approximate surface area is 156 Å². The van der Waals surface area contributed by atoms with E-state index in [1.807, 2.05) is 6.92 Å². The summed E-state index contributed by atoms with van der Waals surface area (Å²) in [6.45, 7) is 2.12. The molecule has 0 saturated heterocycles. The second kappa shape index (κ2) is 8.54. The van der Waals surface area contributed by atoms with Crippen molar-refractivity contribution in [2.24, 2.45) is 11.8 Å². The minimum atomic E-state index is -0.962. The van der Waals surface area contributed by atoms with Crippen molar-refractivity contribution in [3.05, 3.63) is 28.2 Å². The number of carbonyl (C=O) groups is 3. The number of anilines is 1. The fourth-order valence-corrected chi connectivity index (χ4v) is 3.16. The minimum absolute atomic E-state index is 0.154. The molecule has 2 rings (SSSR count). The third-order valence-electron chi connectivity index (χ3n) is 4.25. The number of halogens is 2. The molecule has 0 radical (unpaired) electrons. The molecule has 1 fully saturated rings. The van der Waals surface area contributed by atoms with Crippen molar-refractivity contribution in [2.45, 2.75) is 26.2 Å². The van der Waals surface area contributed by atoms with Crippen LogP contribution in [-0.2, 0) is 14.4 Å². The molecule has 0 aromatic heterocycles. The molecule has 1 aliphatic rings. The Morgan fingerprint density at radius 2 is 1.92 bits per heavy atom. The molecule has 2 unspecified atom stereocenters. The Morgan fingerprint density at radius 3 is 2.48 bits per heavy atom. The van der Waals surface area contributed by atoms with Crippen LogP contribution < -0.4 is 5.32 Å². The molecule has 2 N–H and O–H groups in total. The first-order valence-corrected chi connectivity index (χ1v) is 8.85. The topological polar surface area (TPSA) is 86.7 Å². The van der Waals surface area contributed by atoms with E-state index in [4.69, 9.17) is 28.3 Å². The summed E-state index contributed by atoms with van der Waals surface area (Å²) in [4.78, 5) is 37.4. The lowest BCUT2D eigenvalue weighted by Crippen LogP contribution is -2.48. The Bertz CT molecular complexity index is 681. The number of hydrogen-bond donors (Lipinski definition) is 2. The van der Waals surface area contributed by atoms with Crippen LogP contribution >= 0.6 is 23.2 Å². The standard InChI is InChI=1S/C17H20Cl2N2O4/c1-2-7-21(16(23)11-4-5-12(11)17(24)25)9-15(22)20-14-8-10(18)3-6-13(14)19/h3,6,8,11-12H,2,4-5,7,9H2,1H3,(H,20,22)(H,24,25). The maximum absolute atomic E-state index is 12.6. The average Bonchev–Trinajstić information content (AvgIpc) is 2.48. The molecule has 8 heteroatoms. The third kappa shape index (κ3) is 4.86. The van der Waals surface area contributed by atoms with Crippen molar-refractivity contribution >= 4 is 46.7 Å². The summed E-state index contributed by atoms with van der Waals surface area (Å²) in [6.07, 6.45) is 1.70. The van der Waals surface area contributed by atoms with Gasteiger partial charge in [-0.15, -0.1) is 0 Å². The Morgan fingerprint density at radius 1 is 1.24 bits per heavy atom. The zero-order valence-corrected chi connectivity index (χ0v) is 15.3. The van der Waals surface area contributed by atoms with Gasteiger partial charge in [-0.05, 0) is 37.5 Å². The van der Waals surface area contributed by atoms with Crippen LogP contribution in [0.2, 0.25) is 10.0 Å². The maximum atomic E-state index is 12.6. The lowest BCUT2D eigenvalue weighted by atomic mass is 9.73. The van der Waals surface area contributed by atoms with Crippen LogP contribution in [0.3, 0.4) is 0 Å². The van der Waals surface area contributed by atoms with E-state index in [2.05, 4.69) is 5.32 Å². The highest BCUT2D eigenvalue weighted by atomic mass is 35.5. The number of nitrogens with zero attached hydrogens (tertiary/aromatic N) is 1.